The van der Waals surface area contributed by atoms with Gasteiger partial charge in [-0.25, -0.2) is 4.98 Å². The standard InChI is InChI=1S/C11H12N4O/c1-15-6-2-3-9(15)7-14-11(16)10-8-12-4-5-13-10/h2-6,8H,7H2,1H3,(H,14,16). The van der Waals surface area contributed by atoms with E-state index in [1.165, 1.54) is 18.6 Å². The normalized spacial score (nSPS) is 10.1. The average molecular weight is 216 g/mol. The van der Waals surface area contributed by atoms with E-state index in [-0.39, 0.29) is 5.91 Å². The zero-order valence-electron chi connectivity index (χ0n) is 8.92. The summed E-state index contributed by atoms with van der Waals surface area (Å²) in [6.45, 7) is 0.485. The Bertz CT molecular complexity index is 478. The highest BCUT2D eigenvalue weighted by Gasteiger charge is 2.06. The summed E-state index contributed by atoms with van der Waals surface area (Å²) < 4.78 is 1.96. The van der Waals surface area contributed by atoms with Crippen LogP contribution in [-0.2, 0) is 13.6 Å². The van der Waals surface area contributed by atoms with Crippen molar-refractivity contribution in [1.29, 1.82) is 0 Å². The molecule has 1 N–H and O–H groups in total. The number of rotatable bonds is 3. The molecule has 0 fully saturated rings. The van der Waals surface area contributed by atoms with E-state index in [4.69, 9.17) is 0 Å². The lowest BCUT2D eigenvalue weighted by atomic mass is 10.4. The average Bonchev–Trinajstić information content (AvgIpc) is 2.73. The molecule has 0 aliphatic heterocycles. The number of nitrogens with zero attached hydrogens (tertiary/aromatic N) is 3. The van der Waals surface area contributed by atoms with Gasteiger partial charge in [-0.05, 0) is 12.1 Å². The lowest BCUT2D eigenvalue weighted by molar-refractivity contribution is 0.0944. The summed E-state index contributed by atoms with van der Waals surface area (Å²) in [6, 6.07) is 3.89. The predicted octanol–water partition coefficient (Wildman–Crippen LogP) is 0.745. The Labute approximate surface area is 93.2 Å². The molecular weight excluding hydrogens is 204 g/mol. The fourth-order valence-electron chi connectivity index (χ4n) is 1.36. The number of hydrogen-bond donors (Lipinski definition) is 1. The molecule has 0 aliphatic rings. The van der Waals surface area contributed by atoms with Crippen molar-refractivity contribution < 1.29 is 4.79 Å². The van der Waals surface area contributed by atoms with E-state index in [1.807, 2.05) is 29.9 Å². The first-order valence-corrected chi connectivity index (χ1v) is 4.92. The van der Waals surface area contributed by atoms with Gasteiger partial charge in [-0.15, -0.1) is 0 Å². The minimum absolute atomic E-state index is 0.214. The summed E-state index contributed by atoms with van der Waals surface area (Å²) in [7, 11) is 1.93. The molecular formula is C11H12N4O. The molecule has 2 aromatic heterocycles. The maximum atomic E-state index is 11.6. The molecule has 2 rings (SSSR count). The van der Waals surface area contributed by atoms with Crippen molar-refractivity contribution in [2.75, 3.05) is 0 Å². The summed E-state index contributed by atoms with van der Waals surface area (Å²) in [5.74, 6) is -0.214. The second-order valence-corrected chi connectivity index (χ2v) is 3.38. The molecule has 0 unspecified atom stereocenters. The topological polar surface area (TPSA) is 59.8 Å². The van der Waals surface area contributed by atoms with Gasteiger partial charge in [-0.1, -0.05) is 0 Å². The highest BCUT2D eigenvalue weighted by atomic mass is 16.1. The Morgan fingerprint density at radius 1 is 1.50 bits per heavy atom. The summed E-state index contributed by atoms with van der Waals surface area (Å²) in [5.41, 5.74) is 1.37. The molecule has 0 atom stereocenters. The molecule has 0 aromatic carbocycles. The van der Waals surface area contributed by atoms with Crippen LogP contribution in [-0.4, -0.2) is 20.4 Å². The van der Waals surface area contributed by atoms with Gasteiger partial charge in [-0.2, -0.15) is 0 Å². The lowest BCUT2D eigenvalue weighted by Gasteiger charge is -2.05. The molecule has 0 spiro atoms. The van der Waals surface area contributed by atoms with E-state index in [2.05, 4.69) is 15.3 Å². The van der Waals surface area contributed by atoms with Crippen molar-refractivity contribution >= 4 is 5.91 Å². The van der Waals surface area contributed by atoms with Crippen molar-refractivity contribution in [2.24, 2.45) is 7.05 Å². The first-order valence-electron chi connectivity index (χ1n) is 4.92. The van der Waals surface area contributed by atoms with E-state index in [0.717, 1.165) is 5.69 Å². The number of nitrogens with one attached hydrogen (secondary N) is 1. The van der Waals surface area contributed by atoms with Gasteiger partial charge >= 0.3 is 0 Å². The molecule has 16 heavy (non-hydrogen) atoms. The third-order valence-corrected chi connectivity index (χ3v) is 2.28. The Hall–Kier alpha value is -2.17. The van der Waals surface area contributed by atoms with Crippen LogP contribution in [0.4, 0.5) is 0 Å². The third-order valence-electron chi connectivity index (χ3n) is 2.28. The Morgan fingerprint density at radius 2 is 2.38 bits per heavy atom. The summed E-state index contributed by atoms with van der Waals surface area (Å²) in [5, 5.41) is 2.78. The molecule has 5 nitrogen and oxygen atoms in total. The number of aryl methyl sites for hydroxylation is 1. The molecule has 2 heterocycles. The fourth-order valence-corrected chi connectivity index (χ4v) is 1.36. The van der Waals surface area contributed by atoms with Gasteiger partial charge in [0, 0.05) is 31.3 Å². The quantitative estimate of drug-likeness (QED) is 0.823. The van der Waals surface area contributed by atoms with Gasteiger partial charge < -0.3 is 9.88 Å². The number of hydrogen-bond acceptors (Lipinski definition) is 3. The Balaban J connectivity index is 1.97. The molecule has 5 heteroatoms. The van der Waals surface area contributed by atoms with Crippen LogP contribution in [0.2, 0.25) is 0 Å². The largest absolute Gasteiger partial charge is 0.353 e. The van der Waals surface area contributed by atoms with Crippen LogP contribution in [0, 0.1) is 0 Å². The van der Waals surface area contributed by atoms with Crippen molar-refractivity contribution in [3.05, 3.63) is 48.3 Å². The van der Waals surface area contributed by atoms with Crippen molar-refractivity contribution in [1.82, 2.24) is 19.9 Å². The van der Waals surface area contributed by atoms with Crippen molar-refractivity contribution in [3.63, 3.8) is 0 Å². The highest BCUT2D eigenvalue weighted by Crippen LogP contribution is 1.99. The van der Waals surface area contributed by atoms with Gasteiger partial charge in [0.1, 0.15) is 5.69 Å². The van der Waals surface area contributed by atoms with Crippen molar-refractivity contribution in [3.8, 4) is 0 Å². The minimum Gasteiger partial charge on any atom is -0.353 e. The molecule has 0 bridgehead atoms. The van der Waals surface area contributed by atoms with Crippen LogP contribution < -0.4 is 5.32 Å². The molecule has 0 radical (unpaired) electrons. The first-order chi connectivity index (χ1) is 7.77. The van der Waals surface area contributed by atoms with Crippen molar-refractivity contribution in [2.45, 2.75) is 6.54 Å². The number of aromatic nitrogens is 3. The maximum absolute atomic E-state index is 11.6. The molecule has 1 amide bonds. The second-order valence-electron chi connectivity index (χ2n) is 3.38. The SMILES string of the molecule is Cn1cccc1CNC(=O)c1cnccn1. The van der Waals surface area contributed by atoms with E-state index in [0.29, 0.717) is 12.2 Å². The molecule has 2 aromatic rings. The fraction of sp³-hybridized carbons (Fsp3) is 0.182. The third kappa shape index (κ3) is 2.25. The van der Waals surface area contributed by atoms with Gasteiger partial charge in [-0.3, -0.25) is 9.78 Å². The first kappa shape index (κ1) is 10.4. The number of carbonyl (C=O) groups is 1. The van der Waals surface area contributed by atoms with Gasteiger partial charge in [0.15, 0.2) is 0 Å². The zero-order valence-corrected chi connectivity index (χ0v) is 8.92. The smallest absolute Gasteiger partial charge is 0.271 e. The van der Waals surface area contributed by atoms with Crippen LogP contribution >= 0.6 is 0 Å². The van der Waals surface area contributed by atoms with Crippen LogP contribution in [0.1, 0.15) is 16.2 Å². The van der Waals surface area contributed by atoms with E-state index in [1.54, 1.807) is 0 Å². The van der Waals surface area contributed by atoms with Gasteiger partial charge in [0.25, 0.3) is 5.91 Å². The van der Waals surface area contributed by atoms with E-state index < -0.39 is 0 Å². The minimum atomic E-state index is -0.214. The molecule has 0 saturated carbocycles. The summed E-state index contributed by atoms with van der Waals surface area (Å²) >= 11 is 0. The summed E-state index contributed by atoms with van der Waals surface area (Å²) in [6.07, 6.45) is 6.41. The number of amides is 1. The van der Waals surface area contributed by atoms with Gasteiger partial charge in [0.05, 0.1) is 12.7 Å². The van der Waals surface area contributed by atoms with Crippen LogP contribution in [0.25, 0.3) is 0 Å². The summed E-state index contributed by atoms with van der Waals surface area (Å²) in [4.78, 5) is 19.4. The van der Waals surface area contributed by atoms with Crippen LogP contribution in [0.15, 0.2) is 36.9 Å². The second kappa shape index (κ2) is 4.57. The molecule has 0 aliphatic carbocycles. The van der Waals surface area contributed by atoms with Crippen LogP contribution in [0.3, 0.4) is 0 Å². The maximum Gasteiger partial charge on any atom is 0.271 e. The monoisotopic (exact) mass is 216 g/mol. The molecule has 82 valence electrons. The van der Waals surface area contributed by atoms with E-state index in [9.17, 15) is 4.79 Å². The lowest BCUT2D eigenvalue weighted by Crippen LogP contribution is -2.24. The molecule has 0 saturated heterocycles. The highest BCUT2D eigenvalue weighted by molar-refractivity contribution is 5.91. The number of carbonyl (C=O) groups excluding carboxylic acids is 1. The van der Waals surface area contributed by atoms with E-state index >= 15 is 0 Å². The van der Waals surface area contributed by atoms with Crippen LogP contribution in [0.5, 0.6) is 0 Å². The Morgan fingerprint density at radius 3 is 3.00 bits per heavy atom. The Kier molecular flexibility index (Phi) is 2.95. The predicted molar refractivity (Wildman–Crippen MR) is 58.6 cm³/mol. The van der Waals surface area contributed by atoms with Gasteiger partial charge in [0.2, 0.25) is 0 Å². The zero-order chi connectivity index (χ0) is 11.4.